The smallest absolute Gasteiger partial charge is 0.242 e. The number of sulfone groups is 1. The van der Waals surface area contributed by atoms with Gasteiger partial charge >= 0.3 is 0 Å². The van der Waals surface area contributed by atoms with Gasteiger partial charge in [-0.2, -0.15) is 0 Å². The summed E-state index contributed by atoms with van der Waals surface area (Å²) in [5.74, 6) is 0.0763. The summed E-state index contributed by atoms with van der Waals surface area (Å²) in [5.41, 5.74) is -0.610. The number of nitrogens with one attached hydrogen (secondary N) is 1. The van der Waals surface area contributed by atoms with Crippen LogP contribution in [-0.4, -0.2) is 67.1 Å². The number of nitrogens with zero attached hydrogens (tertiary/aromatic N) is 1. The van der Waals surface area contributed by atoms with Gasteiger partial charge in [0.25, 0.3) is 0 Å². The Labute approximate surface area is 114 Å². The molecule has 2 fully saturated rings. The average molecular weight is 290 g/mol. The maximum Gasteiger partial charge on any atom is 0.242 e. The number of carbonyl (C=O) groups is 1. The van der Waals surface area contributed by atoms with Crippen molar-refractivity contribution in [3.05, 3.63) is 0 Å². The van der Waals surface area contributed by atoms with Crippen molar-refractivity contribution in [3.63, 3.8) is 0 Å². The summed E-state index contributed by atoms with van der Waals surface area (Å²) in [6.45, 7) is 2.73. The van der Waals surface area contributed by atoms with Gasteiger partial charge in [-0.1, -0.05) is 0 Å². The van der Waals surface area contributed by atoms with Crippen LogP contribution in [0.15, 0.2) is 0 Å². The largest absolute Gasteiger partial charge is 0.395 e. The topological polar surface area (TPSA) is 86.7 Å². The fourth-order valence-corrected chi connectivity index (χ4v) is 4.70. The minimum atomic E-state index is -3.03. The van der Waals surface area contributed by atoms with Crippen LogP contribution in [0.2, 0.25) is 0 Å². The lowest BCUT2D eigenvalue weighted by Gasteiger charge is -2.35. The summed E-state index contributed by atoms with van der Waals surface area (Å²) in [4.78, 5) is 14.2. The molecule has 2 N–H and O–H groups in total. The normalized spacial score (nSPS) is 33.5. The molecule has 0 aromatic carbocycles. The second kappa shape index (κ2) is 5.38. The zero-order chi connectivity index (χ0) is 14.1. The molecule has 2 aliphatic heterocycles. The average Bonchev–Trinajstić information content (AvgIpc) is 2.92. The van der Waals surface area contributed by atoms with Crippen molar-refractivity contribution in [2.24, 2.45) is 0 Å². The van der Waals surface area contributed by atoms with Crippen molar-refractivity contribution in [2.75, 3.05) is 31.2 Å². The van der Waals surface area contributed by atoms with Crippen molar-refractivity contribution in [3.8, 4) is 0 Å². The van der Waals surface area contributed by atoms with Gasteiger partial charge < -0.3 is 15.3 Å². The number of rotatable bonds is 4. The van der Waals surface area contributed by atoms with Crippen LogP contribution < -0.4 is 5.32 Å². The summed E-state index contributed by atoms with van der Waals surface area (Å²) in [5, 5.41) is 12.3. The number of amides is 1. The van der Waals surface area contributed by atoms with Crippen LogP contribution in [0.25, 0.3) is 0 Å². The highest BCUT2D eigenvalue weighted by molar-refractivity contribution is 7.91. The quantitative estimate of drug-likeness (QED) is 0.703. The molecule has 6 nitrogen and oxygen atoms in total. The summed E-state index contributed by atoms with van der Waals surface area (Å²) in [7, 11) is -3.03. The molecule has 2 heterocycles. The predicted molar refractivity (Wildman–Crippen MR) is 71.5 cm³/mol. The van der Waals surface area contributed by atoms with Crippen molar-refractivity contribution in [1.82, 2.24) is 10.2 Å². The van der Waals surface area contributed by atoms with Gasteiger partial charge in [-0.15, -0.1) is 0 Å². The Morgan fingerprint density at radius 2 is 2.26 bits per heavy atom. The van der Waals surface area contributed by atoms with E-state index in [0.717, 1.165) is 19.4 Å². The molecule has 0 radical (unpaired) electrons. The van der Waals surface area contributed by atoms with Crippen molar-refractivity contribution in [1.29, 1.82) is 0 Å². The number of hydrogen-bond acceptors (Lipinski definition) is 5. The minimum absolute atomic E-state index is 0.0226. The third-order valence-corrected chi connectivity index (χ3v) is 5.84. The van der Waals surface area contributed by atoms with Crippen molar-refractivity contribution in [2.45, 2.75) is 37.8 Å². The first-order valence-corrected chi connectivity index (χ1v) is 8.57. The number of hydrogen-bond donors (Lipinski definition) is 2. The highest BCUT2D eigenvalue weighted by Gasteiger charge is 2.43. The minimum Gasteiger partial charge on any atom is -0.395 e. The Hall–Kier alpha value is -0.660. The van der Waals surface area contributed by atoms with E-state index in [1.165, 1.54) is 0 Å². The van der Waals surface area contributed by atoms with Crippen LogP contribution in [0.3, 0.4) is 0 Å². The van der Waals surface area contributed by atoms with Gasteiger partial charge in [-0.05, 0) is 32.7 Å². The molecule has 2 unspecified atom stereocenters. The molecule has 0 aromatic rings. The third-order valence-electron chi connectivity index (χ3n) is 4.09. The van der Waals surface area contributed by atoms with Gasteiger partial charge in [0.15, 0.2) is 9.84 Å². The standard InChI is InChI=1S/C12H22N2O4S/c1-12(4-2-5-13-12)11(16)14(6-7-15)10-3-8-19(17,18)9-10/h10,13,15H,2-9H2,1H3. The molecule has 2 rings (SSSR count). The zero-order valence-corrected chi connectivity index (χ0v) is 12.1. The molecule has 1 amide bonds. The molecule has 0 bridgehead atoms. The Bertz CT molecular complexity index is 443. The van der Waals surface area contributed by atoms with E-state index in [0.29, 0.717) is 6.42 Å². The number of carbonyl (C=O) groups excluding carboxylic acids is 1. The van der Waals surface area contributed by atoms with Crippen LogP contribution >= 0.6 is 0 Å². The molecule has 0 aliphatic carbocycles. The van der Waals surface area contributed by atoms with E-state index in [-0.39, 0.29) is 36.6 Å². The molecule has 2 atom stereocenters. The third kappa shape index (κ3) is 3.09. The van der Waals surface area contributed by atoms with E-state index in [2.05, 4.69) is 5.32 Å². The van der Waals surface area contributed by atoms with Crippen LogP contribution in [-0.2, 0) is 14.6 Å². The highest BCUT2D eigenvalue weighted by Crippen LogP contribution is 2.25. The Morgan fingerprint density at radius 1 is 1.53 bits per heavy atom. The maximum absolute atomic E-state index is 12.6. The molecular formula is C12H22N2O4S. The molecule has 110 valence electrons. The van der Waals surface area contributed by atoms with Crippen molar-refractivity contribution >= 4 is 15.7 Å². The molecule has 7 heteroatoms. The second-order valence-corrected chi connectivity index (χ2v) is 7.87. The van der Waals surface area contributed by atoms with Gasteiger partial charge in [0.1, 0.15) is 0 Å². The molecule has 0 saturated carbocycles. The Morgan fingerprint density at radius 3 is 2.74 bits per heavy atom. The summed E-state index contributed by atoms with van der Waals surface area (Å²) >= 11 is 0. The fraction of sp³-hybridized carbons (Fsp3) is 0.917. The lowest BCUT2D eigenvalue weighted by Crippen LogP contribution is -2.56. The molecule has 19 heavy (non-hydrogen) atoms. The van der Waals surface area contributed by atoms with E-state index in [9.17, 15) is 13.2 Å². The van der Waals surface area contributed by atoms with Gasteiger partial charge in [-0.3, -0.25) is 4.79 Å². The monoisotopic (exact) mass is 290 g/mol. The van der Waals surface area contributed by atoms with E-state index in [1.807, 2.05) is 6.92 Å². The fourth-order valence-electron chi connectivity index (χ4n) is 2.97. The van der Waals surface area contributed by atoms with Gasteiger partial charge in [-0.25, -0.2) is 8.42 Å². The lowest BCUT2D eigenvalue weighted by molar-refractivity contribution is -0.139. The Kier molecular flexibility index (Phi) is 4.17. The van der Waals surface area contributed by atoms with E-state index in [1.54, 1.807) is 4.90 Å². The molecule has 2 saturated heterocycles. The van der Waals surface area contributed by atoms with E-state index < -0.39 is 15.4 Å². The first-order chi connectivity index (χ1) is 8.88. The summed E-state index contributed by atoms with van der Waals surface area (Å²) in [6, 6.07) is -0.288. The second-order valence-electron chi connectivity index (χ2n) is 5.64. The summed E-state index contributed by atoms with van der Waals surface area (Å²) < 4.78 is 23.1. The molecule has 0 aromatic heterocycles. The number of aliphatic hydroxyl groups is 1. The van der Waals surface area contributed by atoms with Crippen LogP contribution in [0.1, 0.15) is 26.2 Å². The van der Waals surface area contributed by atoms with Gasteiger partial charge in [0.2, 0.25) is 5.91 Å². The van der Waals surface area contributed by atoms with E-state index in [4.69, 9.17) is 5.11 Å². The Balaban J connectivity index is 2.14. The maximum atomic E-state index is 12.6. The SMILES string of the molecule is CC1(C(=O)N(CCO)C2CCS(=O)(=O)C2)CCCN1. The highest BCUT2D eigenvalue weighted by atomic mass is 32.2. The zero-order valence-electron chi connectivity index (χ0n) is 11.3. The first kappa shape index (κ1) is 14.7. The first-order valence-electron chi connectivity index (χ1n) is 6.75. The molecule has 2 aliphatic rings. The van der Waals surface area contributed by atoms with E-state index >= 15 is 0 Å². The summed E-state index contributed by atoms with van der Waals surface area (Å²) in [6.07, 6.45) is 2.18. The van der Waals surface area contributed by atoms with Crippen molar-refractivity contribution < 1.29 is 18.3 Å². The molecular weight excluding hydrogens is 268 g/mol. The molecule has 0 spiro atoms. The lowest BCUT2D eigenvalue weighted by atomic mass is 9.97. The predicted octanol–water partition coefficient (Wildman–Crippen LogP) is -0.863. The van der Waals surface area contributed by atoms with Crippen LogP contribution in [0, 0.1) is 0 Å². The van der Waals surface area contributed by atoms with Gasteiger partial charge in [0, 0.05) is 12.6 Å². The van der Waals surface area contributed by atoms with Gasteiger partial charge in [0.05, 0.1) is 23.7 Å². The number of aliphatic hydroxyl groups excluding tert-OH is 1. The van der Waals surface area contributed by atoms with Crippen LogP contribution in [0.5, 0.6) is 0 Å². The van der Waals surface area contributed by atoms with Crippen LogP contribution in [0.4, 0.5) is 0 Å².